The number of carboxylic acid groups (broad SMARTS) is 1. The molecule has 1 aliphatic heterocycles. The Balaban J connectivity index is 2.42. The fourth-order valence-corrected chi connectivity index (χ4v) is 11.7. The molecule has 0 aliphatic carbocycles. The van der Waals surface area contributed by atoms with Crippen LogP contribution in [0.15, 0.2) is 12.5 Å². The number of hydrogen-bond donors (Lipinski definition) is 18. The number of aromatic nitrogens is 2. The molecule has 2 rings (SSSR count). The Morgan fingerprint density at radius 2 is 1.15 bits per heavy atom. The molecule has 14 atom stereocenters. The lowest BCUT2D eigenvalue weighted by Crippen LogP contribution is -2.60. The van der Waals surface area contributed by atoms with Gasteiger partial charge in [-0.1, -0.05) is 74.7 Å². The van der Waals surface area contributed by atoms with Gasteiger partial charge >= 0.3 is 5.97 Å². The van der Waals surface area contributed by atoms with E-state index < -0.39 is 180 Å². The van der Waals surface area contributed by atoms with E-state index in [0.29, 0.717) is 44.2 Å². The van der Waals surface area contributed by atoms with Crippen molar-refractivity contribution in [2.24, 2.45) is 52.5 Å². The van der Waals surface area contributed by atoms with Crippen LogP contribution in [0.3, 0.4) is 0 Å². The van der Waals surface area contributed by atoms with Crippen molar-refractivity contribution in [2.45, 2.75) is 277 Å². The van der Waals surface area contributed by atoms with Gasteiger partial charge in [-0.05, 0) is 134 Å². The molecule has 1 unspecified atom stereocenters. The zero-order valence-corrected chi connectivity index (χ0v) is 62.8. The Labute approximate surface area is 615 Å². The predicted octanol–water partition coefficient (Wildman–Crippen LogP) is -1.57. The number of nitrogens with zero attached hydrogens (tertiary/aromatic N) is 1. The van der Waals surface area contributed by atoms with Crippen LogP contribution in [0.4, 0.5) is 0 Å². The van der Waals surface area contributed by atoms with Gasteiger partial charge in [-0.15, -0.1) is 0 Å². The molecule has 1 aliphatic rings. The summed E-state index contributed by atoms with van der Waals surface area (Å²) in [6, 6.07) is -14.5. The molecule has 1 aromatic rings. The van der Waals surface area contributed by atoms with E-state index in [4.69, 9.17) is 22.9 Å². The largest absolute Gasteiger partial charge is 0.481 e. The van der Waals surface area contributed by atoms with Gasteiger partial charge in [-0.3, -0.25) is 76.7 Å². The molecule has 2 heterocycles. The van der Waals surface area contributed by atoms with E-state index in [9.17, 15) is 81.8 Å². The number of H-pyrrole nitrogens is 1. The summed E-state index contributed by atoms with van der Waals surface area (Å²) in [6.07, 6.45) is 4.11. The van der Waals surface area contributed by atoms with Gasteiger partial charge in [0.1, 0.15) is 60.4 Å². The molecule has 0 bridgehead atoms. The summed E-state index contributed by atoms with van der Waals surface area (Å²) in [4.78, 5) is 224. The number of aromatic amines is 1. The summed E-state index contributed by atoms with van der Waals surface area (Å²) < 4.78 is 0. The van der Waals surface area contributed by atoms with Crippen molar-refractivity contribution in [3.8, 4) is 0 Å². The number of rotatable bonds is 44. The second-order valence-electron chi connectivity index (χ2n) is 28.1. The SMILES string of the molecule is CC[C@H](C)[C@H](NC(=O)[C@@H](NC(=O)[C@H](CCC(=O)O)NC(=O)C(CCCCC(=O)[C@H](CC(C)C)NC(=O)[C@H](CCCCN)NC(=O)[C@@H](CCCCN)NC(=O)[C@H](CC(N)=O)NC(=O)[C@@H]1CCCCNC(=O)CC[C@@H](NC(C)=O)C(=O)N[C@@H](C)C(=O)N[C@@H](Cc2cnc[nH]2)C(=O)N1)C(C)C)[C@@H](C)CC)C(N)=O. The van der Waals surface area contributed by atoms with Gasteiger partial charge in [0.05, 0.1) is 18.8 Å². The number of carboxylic acids is 1. The minimum atomic E-state index is -1.77. The van der Waals surface area contributed by atoms with E-state index in [2.05, 4.69) is 73.8 Å². The number of primary amides is 2. The average Bonchev–Trinajstić information content (AvgIpc) is 1.57. The highest BCUT2D eigenvalue weighted by Crippen LogP contribution is 2.22. The van der Waals surface area contributed by atoms with Gasteiger partial charge in [-0.25, -0.2) is 4.98 Å². The molecule has 0 saturated carbocycles. The van der Waals surface area contributed by atoms with Crippen molar-refractivity contribution in [1.29, 1.82) is 0 Å². The maximum atomic E-state index is 14.6. The van der Waals surface area contributed by atoms with Crippen molar-refractivity contribution in [2.75, 3.05) is 19.6 Å². The maximum Gasteiger partial charge on any atom is 0.303 e. The van der Waals surface area contributed by atoms with Gasteiger partial charge in [0, 0.05) is 57.0 Å². The molecule has 1 aromatic heterocycles. The molecule has 14 amide bonds. The first-order valence-electron chi connectivity index (χ1n) is 36.8. The second-order valence-corrected chi connectivity index (χ2v) is 28.1. The van der Waals surface area contributed by atoms with Crippen LogP contribution in [0.25, 0.3) is 0 Å². The smallest absolute Gasteiger partial charge is 0.303 e. The van der Waals surface area contributed by atoms with Gasteiger partial charge in [0.25, 0.3) is 0 Å². The molecular weight excluding hydrogens is 1360 g/mol. The fraction of sp³-hybridized carbons (Fsp3) is 0.729. The average molecular weight is 1490 g/mol. The number of nitrogens with two attached hydrogens (primary N) is 4. The molecule has 0 aromatic carbocycles. The number of amides is 14. The van der Waals surface area contributed by atoms with Crippen molar-refractivity contribution in [3.63, 3.8) is 0 Å². The van der Waals surface area contributed by atoms with Crippen LogP contribution in [0, 0.1) is 29.6 Å². The van der Waals surface area contributed by atoms with E-state index >= 15 is 0 Å². The number of Topliss-reactive ketones (excluding diaryl/α,β-unsaturated/α-hetero) is 1. The number of aliphatic carboxylic acids is 1. The number of unbranched alkanes of at least 4 members (excludes halogenated alkanes) is 3. The highest BCUT2D eigenvalue weighted by molar-refractivity contribution is 6.00. The van der Waals surface area contributed by atoms with Crippen molar-refractivity contribution < 1.29 is 81.8 Å². The Morgan fingerprint density at radius 1 is 0.600 bits per heavy atom. The highest BCUT2D eigenvalue weighted by atomic mass is 16.4. The van der Waals surface area contributed by atoms with Crippen LogP contribution in [0.1, 0.15) is 210 Å². The predicted molar refractivity (Wildman–Crippen MR) is 387 cm³/mol. The van der Waals surface area contributed by atoms with Crippen molar-refractivity contribution >= 4 is 94.5 Å². The Bertz CT molecular complexity index is 3040. The number of hydrogen-bond acceptors (Lipinski definition) is 19. The zero-order chi connectivity index (χ0) is 79.0. The summed E-state index contributed by atoms with van der Waals surface area (Å²) in [6.45, 7) is 17.4. The Hall–Kier alpha value is -9.15. The number of imidazole rings is 1. The minimum Gasteiger partial charge on any atom is -0.481 e. The molecule has 35 nitrogen and oxygen atoms in total. The lowest BCUT2D eigenvalue weighted by Gasteiger charge is -2.30. The summed E-state index contributed by atoms with van der Waals surface area (Å²) in [5.74, 6) is -14.6. The summed E-state index contributed by atoms with van der Waals surface area (Å²) in [7, 11) is 0. The Kier molecular flexibility index (Phi) is 42.7. The summed E-state index contributed by atoms with van der Waals surface area (Å²) >= 11 is 0. The highest BCUT2D eigenvalue weighted by Gasteiger charge is 2.38. The normalized spacial score (nSPS) is 19.1. The van der Waals surface area contributed by atoms with E-state index in [-0.39, 0.29) is 133 Å². The molecule has 1 saturated heterocycles. The molecule has 35 heteroatoms. The van der Waals surface area contributed by atoms with Crippen molar-refractivity contribution in [1.82, 2.24) is 73.8 Å². The maximum absolute atomic E-state index is 14.6. The third-order valence-electron chi connectivity index (χ3n) is 18.4. The number of nitrogens with one attached hydrogen (secondary N) is 13. The standard InChI is InChI=1S/C70H120N18O17/c1-11-40(7)58(60(74)95)87-70(105)59(41(8)12-2)88-67(102)50(27-29-57(93)94)80-62(97)45(39(5)6)21-13-14-25-54(90)51(33-38(3)4)84-65(100)47(23-16-19-31-72)81-64(99)46(22-15-18-30-71)83-69(104)53(35-55(73)91)86-66(101)48-24-17-20-32-76-56(92)28-26-49(79-43(10)89)63(98)78-42(9)61(96)85-52(68(103)82-48)34-44-36-75-37-77-44/h36-42,45-53,58-59H,11-35,71-72H2,1-10H3,(H2,73,91)(H2,74,95)(H,75,77)(H,76,92)(H,78,98)(H,79,89)(H,80,97)(H,81,99)(H,82,103)(H,83,104)(H,84,100)(H,85,96)(H,86,101)(H,87,105)(H,88,102)(H,93,94)/t40-,41-,42-,45?,46+,47-,48-,49+,50-,51-,52-,53-,58-,59-/m0/s1. The van der Waals surface area contributed by atoms with Crippen molar-refractivity contribution in [3.05, 3.63) is 18.2 Å². The first-order chi connectivity index (χ1) is 49.6. The topological polar surface area (TPSA) is 570 Å². The number of ketones is 1. The minimum absolute atomic E-state index is 0.0318. The fourth-order valence-electron chi connectivity index (χ4n) is 11.7. The van der Waals surface area contributed by atoms with Gasteiger partial charge in [0.15, 0.2) is 5.78 Å². The van der Waals surface area contributed by atoms with Crippen LogP contribution in [0.2, 0.25) is 0 Å². The molecule has 0 spiro atoms. The van der Waals surface area contributed by atoms with Gasteiger partial charge < -0.3 is 96.8 Å². The van der Waals surface area contributed by atoms with Crippen LogP contribution in [0.5, 0.6) is 0 Å². The number of carbonyl (C=O) groups is 16. The van der Waals surface area contributed by atoms with Gasteiger partial charge in [0.2, 0.25) is 82.7 Å². The van der Waals surface area contributed by atoms with Gasteiger partial charge in [-0.2, -0.15) is 0 Å². The number of carbonyl (C=O) groups excluding carboxylic acids is 15. The zero-order valence-electron chi connectivity index (χ0n) is 62.8. The molecule has 22 N–H and O–H groups in total. The van der Waals surface area contributed by atoms with E-state index in [1.807, 2.05) is 20.8 Å². The monoisotopic (exact) mass is 1480 g/mol. The third kappa shape index (κ3) is 35.0. The summed E-state index contributed by atoms with van der Waals surface area (Å²) in [5.41, 5.74) is 23.3. The van der Waals surface area contributed by atoms with Crippen LogP contribution < -0.4 is 86.7 Å². The van der Waals surface area contributed by atoms with Crippen LogP contribution in [-0.4, -0.2) is 196 Å². The first-order valence-corrected chi connectivity index (χ1v) is 36.8. The second kappa shape index (κ2) is 48.8. The quantitative estimate of drug-likeness (QED) is 0.0328. The van der Waals surface area contributed by atoms with E-state index in [0.717, 1.165) is 0 Å². The lowest BCUT2D eigenvalue weighted by atomic mass is 9.88. The molecule has 592 valence electrons. The van der Waals surface area contributed by atoms with E-state index in [1.54, 1.807) is 34.6 Å². The van der Waals surface area contributed by atoms with Crippen LogP contribution >= 0.6 is 0 Å². The summed E-state index contributed by atoms with van der Waals surface area (Å²) in [5, 5.41) is 41.2. The first kappa shape index (κ1) is 91.9. The van der Waals surface area contributed by atoms with Crippen LogP contribution in [-0.2, 0) is 83.1 Å². The molecule has 1 fully saturated rings. The van der Waals surface area contributed by atoms with E-state index in [1.165, 1.54) is 26.4 Å². The molecule has 0 radical (unpaired) electrons. The Morgan fingerprint density at radius 3 is 1.69 bits per heavy atom. The molecule has 105 heavy (non-hydrogen) atoms. The lowest BCUT2D eigenvalue weighted by molar-refractivity contribution is -0.139. The third-order valence-corrected chi connectivity index (χ3v) is 18.4. The molecular formula is C70H120N18O17.